The molecule has 4 aromatic carbocycles. The Morgan fingerprint density at radius 2 is 0.848 bits per heavy atom. The molecule has 0 spiro atoms. The monoisotopic (exact) mass is 455 g/mol. The van der Waals surface area contributed by atoms with Crippen LogP contribution in [0.2, 0.25) is 0 Å². The van der Waals surface area contributed by atoms with E-state index in [4.69, 9.17) is 0 Å². The van der Waals surface area contributed by atoms with Crippen LogP contribution >= 0.6 is 0 Å². The van der Waals surface area contributed by atoms with Gasteiger partial charge in [-0.3, -0.25) is 0 Å². The minimum Gasteiger partial charge on any atom is -0.504 e. The second-order valence-electron chi connectivity index (χ2n) is 7.14. The maximum absolute atomic E-state index is 10.1. The first kappa shape index (κ1) is 21.2. The van der Waals surface area contributed by atoms with Gasteiger partial charge in [-0.15, -0.1) is 0 Å². The molecular weight excluding hydrogens is 438 g/mol. The molecule has 0 atom stereocenters. The van der Waals surface area contributed by atoms with Crippen molar-refractivity contribution in [1.82, 2.24) is 0 Å². The van der Waals surface area contributed by atoms with Crippen molar-refractivity contribution >= 4 is 22.1 Å². The van der Waals surface area contributed by atoms with Crippen molar-refractivity contribution in [2.75, 3.05) is 5.32 Å². The summed E-state index contributed by atoms with van der Waals surface area (Å²) in [5.41, 5.74) is -0.260. The van der Waals surface area contributed by atoms with Crippen LogP contribution in [0.25, 0.3) is 21.9 Å². The zero-order chi connectivity index (χ0) is 24.2. The second-order valence-corrected chi connectivity index (χ2v) is 7.14. The van der Waals surface area contributed by atoms with Gasteiger partial charge in [0, 0.05) is 5.69 Å². The normalized spacial score (nSPS) is 11.0. The Morgan fingerprint density at radius 1 is 0.424 bits per heavy atom. The van der Waals surface area contributed by atoms with E-state index in [9.17, 15) is 51.1 Å². The molecule has 4 aromatic rings. The molecular formula is C22H17NO10. The third-order valence-electron chi connectivity index (χ3n) is 5.14. The number of benzene rings is 4. The highest BCUT2D eigenvalue weighted by Gasteiger charge is 2.25. The summed E-state index contributed by atoms with van der Waals surface area (Å²) in [5.74, 6) is -9.66. The quantitative estimate of drug-likeness (QED) is 0.159. The molecule has 11 heteroatoms. The van der Waals surface area contributed by atoms with Crippen LogP contribution in [0, 0.1) is 0 Å². The second kappa shape index (κ2) is 7.27. The van der Waals surface area contributed by atoms with E-state index in [0.29, 0.717) is 16.5 Å². The summed E-state index contributed by atoms with van der Waals surface area (Å²) in [6, 6.07) is 9.15. The molecule has 0 saturated carbocycles. The topological polar surface area (TPSA) is 214 Å². The number of rotatable bonds is 3. The van der Waals surface area contributed by atoms with E-state index in [1.807, 2.05) is 0 Å². The molecule has 4 rings (SSSR count). The zero-order valence-corrected chi connectivity index (χ0v) is 16.4. The summed E-state index contributed by atoms with van der Waals surface area (Å²) < 4.78 is 0. The molecule has 0 aromatic heterocycles. The Kier molecular flexibility index (Phi) is 4.67. The maximum Gasteiger partial charge on any atom is 0.208 e. The van der Waals surface area contributed by atoms with E-state index in [-0.39, 0.29) is 11.1 Å². The SMILES string of the molecule is Oc1c(O)c(O)c(Nc2ccc3cc(-c4c(O)c(O)c(O)c(O)c4O)ccc3c2)c(O)c1O. The molecule has 0 aliphatic rings. The van der Waals surface area contributed by atoms with Crippen molar-refractivity contribution in [3.8, 4) is 68.6 Å². The molecule has 0 aliphatic carbocycles. The number of hydrogen-bond acceptors (Lipinski definition) is 11. The van der Waals surface area contributed by atoms with E-state index >= 15 is 0 Å². The standard InChI is InChI=1S/C22H17NO10/c24-13-11(14(25)18(29)21(32)17(13)28)9-2-1-8-6-10(4-3-7(8)5-9)23-12-15(26)19(30)22(33)20(31)16(12)27/h1-6,23-33H. The summed E-state index contributed by atoms with van der Waals surface area (Å²) in [4.78, 5) is 0. The largest absolute Gasteiger partial charge is 0.504 e. The molecule has 0 bridgehead atoms. The lowest BCUT2D eigenvalue weighted by molar-refractivity contribution is 0.330. The maximum atomic E-state index is 10.1. The van der Waals surface area contributed by atoms with Gasteiger partial charge >= 0.3 is 0 Å². The summed E-state index contributed by atoms with van der Waals surface area (Å²) >= 11 is 0. The molecule has 33 heavy (non-hydrogen) atoms. The fraction of sp³-hybridized carbons (Fsp3) is 0. The predicted molar refractivity (Wildman–Crippen MR) is 116 cm³/mol. The van der Waals surface area contributed by atoms with Crippen LogP contribution in [0.5, 0.6) is 57.5 Å². The number of hydrogen-bond donors (Lipinski definition) is 11. The number of fused-ring (bicyclic) bond motifs is 1. The van der Waals surface area contributed by atoms with Crippen molar-refractivity contribution in [3.05, 3.63) is 36.4 Å². The number of nitrogens with one attached hydrogen (secondary N) is 1. The lowest BCUT2D eigenvalue weighted by Gasteiger charge is -2.15. The third-order valence-corrected chi connectivity index (χ3v) is 5.14. The van der Waals surface area contributed by atoms with E-state index in [0.717, 1.165) is 0 Å². The Hall–Kier alpha value is -5.06. The van der Waals surface area contributed by atoms with E-state index in [2.05, 4.69) is 5.32 Å². The minimum absolute atomic E-state index is 0.201. The number of phenols is 10. The first-order valence-electron chi connectivity index (χ1n) is 9.21. The number of anilines is 2. The molecule has 11 nitrogen and oxygen atoms in total. The first-order valence-corrected chi connectivity index (χ1v) is 9.21. The van der Waals surface area contributed by atoms with Gasteiger partial charge in [0.1, 0.15) is 5.69 Å². The van der Waals surface area contributed by atoms with Crippen LogP contribution in [0.4, 0.5) is 11.4 Å². The molecule has 0 unspecified atom stereocenters. The van der Waals surface area contributed by atoms with Gasteiger partial charge in [-0.2, -0.15) is 0 Å². The van der Waals surface area contributed by atoms with Crippen molar-refractivity contribution in [3.63, 3.8) is 0 Å². The first-order chi connectivity index (χ1) is 15.5. The Bertz CT molecular complexity index is 1390. The number of phenolic OH excluding ortho intramolecular Hbond substituents is 10. The molecule has 0 saturated heterocycles. The lowest BCUT2D eigenvalue weighted by atomic mass is 9.98. The predicted octanol–water partition coefficient (Wildman–Crippen LogP) is 3.31. The Labute approximate surface area is 184 Å². The minimum atomic E-state index is -1.08. The smallest absolute Gasteiger partial charge is 0.208 e. The van der Waals surface area contributed by atoms with Gasteiger partial charge in [0.05, 0.1) is 5.56 Å². The molecule has 170 valence electrons. The van der Waals surface area contributed by atoms with Crippen LogP contribution in [-0.2, 0) is 0 Å². The molecule has 0 amide bonds. The average molecular weight is 455 g/mol. The van der Waals surface area contributed by atoms with Gasteiger partial charge in [-0.1, -0.05) is 18.2 Å². The highest BCUT2D eigenvalue weighted by molar-refractivity contribution is 5.94. The van der Waals surface area contributed by atoms with Crippen LogP contribution in [-0.4, -0.2) is 51.1 Å². The molecule has 0 aliphatic heterocycles. The fourth-order valence-corrected chi connectivity index (χ4v) is 3.39. The Morgan fingerprint density at radius 3 is 1.39 bits per heavy atom. The molecule has 0 radical (unpaired) electrons. The van der Waals surface area contributed by atoms with E-state index in [1.54, 1.807) is 18.2 Å². The Balaban J connectivity index is 1.77. The van der Waals surface area contributed by atoms with E-state index < -0.39 is 63.2 Å². The lowest BCUT2D eigenvalue weighted by Crippen LogP contribution is -1.93. The molecule has 0 heterocycles. The molecule has 0 fully saturated rings. The van der Waals surface area contributed by atoms with Gasteiger partial charge in [0.2, 0.25) is 34.5 Å². The van der Waals surface area contributed by atoms with Gasteiger partial charge < -0.3 is 56.4 Å². The fourth-order valence-electron chi connectivity index (χ4n) is 3.39. The summed E-state index contributed by atoms with van der Waals surface area (Å²) in [6.07, 6.45) is 0. The highest BCUT2D eigenvalue weighted by atomic mass is 16.4. The third kappa shape index (κ3) is 3.15. The van der Waals surface area contributed by atoms with Crippen LogP contribution < -0.4 is 5.32 Å². The summed E-state index contributed by atoms with van der Waals surface area (Å²) in [6.45, 7) is 0. The number of aromatic hydroxyl groups is 10. The zero-order valence-electron chi connectivity index (χ0n) is 16.4. The average Bonchev–Trinajstić information content (AvgIpc) is 2.81. The van der Waals surface area contributed by atoms with E-state index in [1.165, 1.54) is 18.2 Å². The summed E-state index contributed by atoms with van der Waals surface area (Å²) in [7, 11) is 0. The van der Waals surface area contributed by atoms with Gasteiger partial charge in [0.25, 0.3) is 0 Å². The van der Waals surface area contributed by atoms with Gasteiger partial charge in [0.15, 0.2) is 23.0 Å². The molecule has 11 N–H and O–H groups in total. The van der Waals surface area contributed by atoms with Gasteiger partial charge in [-0.05, 0) is 34.5 Å². The highest BCUT2D eigenvalue weighted by Crippen LogP contribution is 2.56. The van der Waals surface area contributed by atoms with Crippen LogP contribution in [0.15, 0.2) is 36.4 Å². The van der Waals surface area contributed by atoms with Crippen molar-refractivity contribution in [2.24, 2.45) is 0 Å². The summed E-state index contributed by atoms with van der Waals surface area (Å²) in [5, 5.41) is 102. The van der Waals surface area contributed by atoms with Crippen molar-refractivity contribution < 1.29 is 51.1 Å². The van der Waals surface area contributed by atoms with Crippen molar-refractivity contribution in [2.45, 2.75) is 0 Å². The van der Waals surface area contributed by atoms with Gasteiger partial charge in [-0.25, -0.2) is 0 Å². The van der Waals surface area contributed by atoms with Crippen LogP contribution in [0.3, 0.4) is 0 Å². The van der Waals surface area contributed by atoms with Crippen LogP contribution in [0.1, 0.15) is 0 Å². The van der Waals surface area contributed by atoms with Crippen molar-refractivity contribution in [1.29, 1.82) is 0 Å².